The summed E-state index contributed by atoms with van der Waals surface area (Å²) in [6.45, 7) is 5.08. The van der Waals surface area contributed by atoms with Crippen LogP contribution < -0.4 is 10.3 Å². The molecule has 1 aromatic heterocycles. The van der Waals surface area contributed by atoms with Gasteiger partial charge >= 0.3 is 0 Å². The number of carbonyl (C=O) groups excluding carboxylic acids is 1. The van der Waals surface area contributed by atoms with E-state index in [0.29, 0.717) is 11.3 Å². The van der Waals surface area contributed by atoms with E-state index in [4.69, 9.17) is 0 Å². The van der Waals surface area contributed by atoms with Crippen molar-refractivity contribution in [2.24, 2.45) is 5.41 Å². The molecule has 0 bridgehead atoms. The molecule has 6 nitrogen and oxygen atoms in total. The van der Waals surface area contributed by atoms with Crippen molar-refractivity contribution in [3.05, 3.63) is 35.7 Å². The Kier molecular flexibility index (Phi) is 4.64. The van der Waals surface area contributed by atoms with Gasteiger partial charge in [0.1, 0.15) is 10.6 Å². The first-order valence-electron chi connectivity index (χ1n) is 6.54. The molecule has 0 radical (unpaired) electrons. The second kappa shape index (κ2) is 6.15. The Labute approximate surface area is 133 Å². The van der Waals surface area contributed by atoms with Crippen molar-refractivity contribution in [3.8, 4) is 11.3 Å². The average molecular weight is 339 g/mol. The van der Waals surface area contributed by atoms with Gasteiger partial charge in [-0.1, -0.05) is 51.1 Å². The number of rotatable bonds is 4. The van der Waals surface area contributed by atoms with E-state index >= 15 is 0 Å². The Morgan fingerprint density at radius 3 is 2.41 bits per heavy atom. The zero-order valence-electron chi connectivity index (χ0n) is 12.5. The summed E-state index contributed by atoms with van der Waals surface area (Å²) in [6.07, 6.45) is 0. The van der Waals surface area contributed by atoms with Gasteiger partial charge in [-0.05, 0) is 11.5 Å². The molecule has 1 amide bonds. The first kappa shape index (κ1) is 16.6. The van der Waals surface area contributed by atoms with E-state index < -0.39 is 21.3 Å². The normalized spacial score (nSPS) is 12.1. The van der Waals surface area contributed by atoms with Crippen LogP contribution in [0.5, 0.6) is 0 Å². The number of hydrogen-bond acceptors (Lipinski definition) is 5. The van der Waals surface area contributed by atoms with Gasteiger partial charge in [0, 0.05) is 16.4 Å². The van der Waals surface area contributed by atoms with Crippen molar-refractivity contribution in [3.63, 3.8) is 0 Å². The van der Waals surface area contributed by atoms with Gasteiger partial charge in [-0.3, -0.25) is 10.2 Å². The highest BCUT2D eigenvalue weighted by molar-refractivity contribution is 7.89. The number of benzene rings is 1. The highest BCUT2D eigenvalue weighted by Crippen LogP contribution is 2.27. The van der Waals surface area contributed by atoms with Crippen LogP contribution in [-0.2, 0) is 14.8 Å². The molecule has 0 saturated carbocycles. The molecule has 1 aromatic carbocycles. The number of amides is 1. The largest absolute Gasteiger partial charge is 0.277 e. The maximum atomic E-state index is 12.4. The summed E-state index contributed by atoms with van der Waals surface area (Å²) in [5, 5.41) is 1.44. The second-order valence-electron chi connectivity index (χ2n) is 5.70. The van der Waals surface area contributed by atoms with E-state index in [9.17, 15) is 13.2 Å². The molecule has 2 aromatic rings. The lowest BCUT2D eigenvalue weighted by Gasteiger charge is -2.17. The molecule has 0 spiro atoms. The van der Waals surface area contributed by atoms with Crippen LogP contribution in [-0.4, -0.2) is 18.7 Å². The molecule has 0 aliphatic rings. The molecule has 2 N–H and O–H groups in total. The van der Waals surface area contributed by atoms with Crippen LogP contribution in [0.1, 0.15) is 20.8 Å². The molecular formula is C14H17N3O3S2. The van der Waals surface area contributed by atoms with Gasteiger partial charge in [0.15, 0.2) is 0 Å². The van der Waals surface area contributed by atoms with Gasteiger partial charge < -0.3 is 0 Å². The maximum Gasteiger partial charge on any atom is 0.260 e. The van der Waals surface area contributed by atoms with Crippen molar-refractivity contribution in [2.45, 2.75) is 25.7 Å². The smallest absolute Gasteiger partial charge is 0.260 e. The van der Waals surface area contributed by atoms with Crippen molar-refractivity contribution in [1.82, 2.24) is 14.6 Å². The molecule has 0 aliphatic carbocycles. The fraction of sp³-hybridized carbons (Fsp3) is 0.286. The number of carbonyl (C=O) groups is 1. The summed E-state index contributed by atoms with van der Waals surface area (Å²) in [6, 6.07) is 9.01. The van der Waals surface area contributed by atoms with Crippen molar-refractivity contribution < 1.29 is 13.2 Å². The number of aromatic nitrogens is 1. The summed E-state index contributed by atoms with van der Waals surface area (Å²) in [5.74, 6) is -0.416. The number of nitrogens with zero attached hydrogens (tertiary/aromatic N) is 1. The van der Waals surface area contributed by atoms with Crippen molar-refractivity contribution in [1.29, 1.82) is 0 Å². The minimum absolute atomic E-state index is 0.0397. The Balaban J connectivity index is 2.25. The Hall–Kier alpha value is -1.77. The van der Waals surface area contributed by atoms with Gasteiger partial charge in [0.05, 0.1) is 0 Å². The zero-order valence-corrected chi connectivity index (χ0v) is 14.1. The number of hydrazine groups is 1. The van der Waals surface area contributed by atoms with E-state index in [0.717, 1.165) is 11.5 Å². The molecular weight excluding hydrogens is 322 g/mol. The van der Waals surface area contributed by atoms with Gasteiger partial charge in [-0.15, -0.1) is 4.83 Å². The molecule has 0 fully saturated rings. The lowest BCUT2D eigenvalue weighted by molar-refractivity contribution is -0.129. The molecule has 0 aliphatic heterocycles. The summed E-state index contributed by atoms with van der Waals surface area (Å²) in [4.78, 5) is 13.9. The molecule has 0 saturated heterocycles. The monoisotopic (exact) mass is 339 g/mol. The molecule has 118 valence electrons. The number of nitrogens with one attached hydrogen (secondary N) is 2. The Bertz CT molecular complexity index is 762. The van der Waals surface area contributed by atoms with E-state index in [-0.39, 0.29) is 4.90 Å². The highest BCUT2D eigenvalue weighted by atomic mass is 32.2. The predicted molar refractivity (Wildman–Crippen MR) is 85.5 cm³/mol. The fourth-order valence-corrected chi connectivity index (χ4v) is 3.58. The van der Waals surface area contributed by atoms with Gasteiger partial charge in [0.25, 0.3) is 10.0 Å². The summed E-state index contributed by atoms with van der Waals surface area (Å²) in [7, 11) is -3.89. The van der Waals surface area contributed by atoms with Crippen LogP contribution in [0.4, 0.5) is 0 Å². The number of sulfonamides is 1. The molecule has 22 heavy (non-hydrogen) atoms. The maximum absolute atomic E-state index is 12.4. The first-order valence-corrected chi connectivity index (χ1v) is 8.86. The standard InChI is InChI=1S/C14H17N3O3S2/c1-14(2,3)13(18)15-17-22(19,20)11-9-21-16-12(11)10-7-5-4-6-8-10/h4-9,17H,1-3H3,(H,15,18). The summed E-state index contributed by atoms with van der Waals surface area (Å²) >= 11 is 1.05. The van der Waals surface area contributed by atoms with Crippen molar-refractivity contribution >= 4 is 27.5 Å². The summed E-state index contributed by atoms with van der Waals surface area (Å²) < 4.78 is 28.9. The van der Waals surface area contributed by atoms with Crippen LogP contribution in [0.15, 0.2) is 40.6 Å². The quantitative estimate of drug-likeness (QED) is 0.836. The van der Waals surface area contributed by atoms with Crippen LogP contribution in [0.2, 0.25) is 0 Å². The molecule has 0 unspecified atom stereocenters. The van der Waals surface area contributed by atoms with Crippen molar-refractivity contribution in [2.75, 3.05) is 0 Å². The van der Waals surface area contributed by atoms with Crippen LogP contribution >= 0.6 is 11.5 Å². The number of hydrogen-bond donors (Lipinski definition) is 2. The van der Waals surface area contributed by atoms with E-state index in [1.165, 1.54) is 5.38 Å². The predicted octanol–water partition coefficient (Wildman–Crippen LogP) is 2.17. The van der Waals surface area contributed by atoms with Gasteiger partial charge in [-0.2, -0.15) is 4.37 Å². The minimum Gasteiger partial charge on any atom is -0.277 e. The highest BCUT2D eigenvalue weighted by Gasteiger charge is 2.26. The molecule has 2 rings (SSSR count). The SMILES string of the molecule is CC(C)(C)C(=O)NNS(=O)(=O)c1csnc1-c1ccccc1. The minimum atomic E-state index is -3.89. The zero-order chi connectivity index (χ0) is 16.4. The van der Waals surface area contributed by atoms with Gasteiger partial charge in [-0.25, -0.2) is 8.42 Å². The van der Waals surface area contributed by atoms with E-state index in [1.807, 2.05) is 6.07 Å². The molecule has 8 heteroatoms. The third-order valence-corrected chi connectivity index (χ3v) is 4.89. The lowest BCUT2D eigenvalue weighted by atomic mass is 9.96. The third-order valence-electron chi connectivity index (χ3n) is 2.85. The van der Waals surface area contributed by atoms with Crippen LogP contribution in [0.3, 0.4) is 0 Å². The molecule has 1 heterocycles. The summed E-state index contributed by atoms with van der Waals surface area (Å²) in [5.41, 5.74) is 2.60. The third kappa shape index (κ3) is 3.70. The van der Waals surface area contributed by atoms with Crippen LogP contribution in [0.25, 0.3) is 11.3 Å². The fourth-order valence-electron chi connectivity index (χ4n) is 1.57. The van der Waals surface area contributed by atoms with E-state index in [1.54, 1.807) is 45.0 Å². The molecule has 0 atom stereocenters. The Morgan fingerprint density at radius 1 is 1.18 bits per heavy atom. The van der Waals surface area contributed by atoms with Crippen LogP contribution in [0, 0.1) is 5.41 Å². The Morgan fingerprint density at radius 2 is 1.82 bits per heavy atom. The average Bonchev–Trinajstić information content (AvgIpc) is 2.95. The van der Waals surface area contributed by atoms with E-state index in [2.05, 4.69) is 14.6 Å². The topological polar surface area (TPSA) is 88.2 Å². The second-order valence-corrected chi connectivity index (χ2v) is 7.98. The van der Waals surface area contributed by atoms with Gasteiger partial charge in [0.2, 0.25) is 5.91 Å². The lowest BCUT2D eigenvalue weighted by Crippen LogP contribution is -2.46. The first-order chi connectivity index (χ1) is 10.2.